The summed E-state index contributed by atoms with van der Waals surface area (Å²) < 4.78 is 13.4. The van der Waals surface area contributed by atoms with Crippen molar-refractivity contribution in [2.24, 2.45) is 0 Å². The van der Waals surface area contributed by atoms with Gasteiger partial charge in [-0.15, -0.1) is 0 Å². The summed E-state index contributed by atoms with van der Waals surface area (Å²) in [6, 6.07) is 0.519. The van der Waals surface area contributed by atoms with Crippen molar-refractivity contribution in [2.45, 2.75) is 37.5 Å². The smallest absolute Gasteiger partial charge is 0.117 e. The van der Waals surface area contributed by atoms with Gasteiger partial charge < -0.3 is 10.2 Å². The maximum atomic E-state index is 13.4. The van der Waals surface area contributed by atoms with E-state index >= 15 is 0 Å². The van der Waals surface area contributed by atoms with Gasteiger partial charge in [0.05, 0.1) is 0 Å². The zero-order chi connectivity index (χ0) is 9.14. The molecule has 0 aromatic heterocycles. The Morgan fingerprint density at radius 2 is 2.00 bits per heavy atom. The fourth-order valence-electron chi connectivity index (χ4n) is 1.89. The van der Waals surface area contributed by atoms with Crippen LogP contribution in [0.5, 0.6) is 0 Å². The Bertz CT molecular complexity index is 138. The van der Waals surface area contributed by atoms with Crippen LogP contribution in [-0.2, 0) is 0 Å². The Hall–Kier alpha value is -0.150. The first kappa shape index (κ1) is 9.93. The molecule has 3 unspecified atom stereocenters. The van der Waals surface area contributed by atoms with Crippen LogP contribution in [0.15, 0.2) is 0 Å². The summed E-state index contributed by atoms with van der Waals surface area (Å²) in [4.78, 5) is 2.12. The van der Waals surface area contributed by atoms with Gasteiger partial charge in [-0.3, -0.25) is 0 Å². The average Bonchev–Trinajstić information content (AvgIpc) is 2.04. The number of nitrogens with zero attached hydrogens (tertiary/aromatic N) is 1. The van der Waals surface area contributed by atoms with E-state index in [4.69, 9.17) is 0 Å². The van der Waals surface area contributed by atoms with Gasteiger partial charge in [0.25, 0.3) is 0 Å². The van der Waals surface area contributed by atoms with E-state index in [9.17, 15) is 4.39 Å². The van der Waals surface area contributed by atoms with E-state index < -0.39 is 6.17 Å². The minimum atomic E-state index is -0.670. The van der Waals surface area contributed by atoms with Crippen LogP contribution in [0, 0.1) is 0 Å². The molecule has 0 bridgehead atoms. The highest BCUT2D eigenvalue weighted by Crippen LogP contribution is 2.23. The van der Waals surface area contributed by atoms with Crippen LogP contribution in [-0.4, -0.2) is 44.3 Å². The average molecular weight is 174 g/mol. The fourth-order valence-corrected chi connectivity index (χ4v) is 1.89. The summed E-state index contributed by atoms with van der Waals surface area (Å²) in [7, 11) is 5.89. The molecule has 0 spiro atoms. The van der Waals surface area contributed by atoms with Gasteiger partial charge in [0.15, 0.2) is 0 Å². The van der Waals surface area contributed by atoms with Gasteiger partial charge >= 0.3 is 0 Å². The zero-order valence-electron chi connectivity index (χ0n) is 8.18. The first-order valence-electron chi connectivity index (χ1n) is 4.63. The quantitative estimate of drug-likeness (QED) is 0.672. The van der Waals surface area contributed by atoms with E-state index in [2.05, 4.69) is 10.2 Å². The van der Waals surface area contributed by atoms with Gasteiger partial charge in [0, 0.05) is 12.1 Å². The zero-order valence-corrected chi connectivity index (χ0v) is 8.18. The Morgan fingerprint density at radius 1 is 1.33 bits per heavy atom. The van der Waals surface area contributed by atoms with Crippen molar-refractivity contribution in [1.82, 2.24) is 10.2 Å². The number of hydrogen-bond donors (Lipinski definition) is 1. The predicted octanol–water partition coefficient (Wildman–Crippen LogP) is 1.03. The second kappa shape index (κ2) is 4.19. The van der Waals surface area contributed by atoms with Crippen molar-refractivity contribution in [3.63, 3.8) is 0 Å². The standard InChI is InChI=1S/C9H19FN2/c1-11-9-5-4-7(12(2)3)6-8(9)10/h7-9,11H,4-6H2,1-3H3. The normalized spacial score (nSPS) is 37.2. The van der Waals surface area contributed by atoms with Gasteiger partial charge in [-0.1, -0.05) is 0 Å². The molecule has 72 valence electrons. The predicted molar refractivity (Wildman–Crippen MR) is 49.1 cm³/mol. The number of halogens is 1. The Morgan fingerprint density at radius 3 is 2.42 bits per heavy atom. The lowest BCUT2D eigenvalue weighted by molar-refractivity contribution is 0.121. The number of alkyl halides is 1. The van der Waals surface area contributed by atoms with Gasteiger partial charge in [0.1, 0.15) is 6.17 Å². The Kier molecular flexibility index (Phi) is 3.47. The van der Waals surface area contributed by atoms with Gasteiger partial charge in [-0.2, -0.15) is 0 Å². The van der Waals surface area contributed by atoms with Crippen molar-refractivity contribution in [3.8, 4) is 0 Å². The summed E-state index contributed by atoms with van der Waals surface area (Å²) >= 11 is 0. The molecule has 1 N–H and O–H groups in total. The van der Waals surface area contributed by atoms with Crippen LogP contribution < -0.4 is 5.32 Å². The van der Waals surface area contributed by atoms with Crippen LogP contribution in [0.25, 0.3) is 0 Å². The molecule has 0 heterocycles. The number of rotatable bonds is 2. The highest BCUT2D eigenvalue weighted by Gasteiger charge is 2.30. The Balaban J connectivity index is 2.40. The molecule has 0 saturated heterocycles. The first-order chi connectivity index (χ1) is 5.65. The molecule has 1 rings (SSSR count). The SMILES string of the molecule is CNC1CCC(N(C)C)CC1F. The van der Waals surface area contributed by atoms with Crippen molar-refractivity contribution < 1.29 is 4.39 Å². The van der Waals surface area contributed by atoms with Crippen LogP contribution >= 0.6 is 0 Å². The van der Waals surface area contributed by atoms with E-state index in [1.165, 1.54) is 0 Å². The summed E-state index contributed by atoms with van der Waals surface area (Å²) in [5.74, 6) is 0. The molecule has 0 aromatic carbocycles. The fraction of sp³-hybridized carbons (Fsp3) is 1.00. The molecular formula is C9H19FN2. The maximum Gasteiger partial charge on any atom is 0.117 e. The molecule has 2 nitrogen and oxygen atoms in total. The molecule has 12 heavy (non-hydrogen) atoms. The molecule has 1 fully saturated rings. The van der Waals surface area contributed by atoms with Gasteiger partial charge in [-0.05, 0) is 40.4 Å². The molecule has 3 atom stereocenters. The molecule has 1 saturated carbocycles. The van der Waals surface area contributed by atoms with E-state index in [1.54, 1.807) is 0 Å². The molecule has 0 amide bonds. The van der Waals surface area contributed by atoms with E-state index in [-0.39, 0.29) is 6.04 Å². The highest BCUT2D eigenvalue weighted by molar-refractivity contribution is 4.86. The first-order valence-corrected chi connectivity index (χ1v) is 4.63. The van der Waals surface area contributed by atoms with E-state index in [0.29, 0.717) is 12.5 Å². The number of nitrogens with one attached hydrogen (secondary N) is 1. The third kappa shape index (κ3) is 2.17. The van der Waals surface area contributed by atoms with Crippen LogP contribution in [0.3, 0.4) is 0 Å². The highest BCUT2D eigenvalue weighted by atomic mass is 19.1. The van der Waals surface area contributed by atoms with Crippen LogP contribution in [0.1, 0.15) is 19.3 Å². The Labute approximate surface area is 74.1 Å². The molecule has 3 heteroatoms. The van der Waals surface area contributed by atoms with Gasteiger partial charge in [-0.25, -0.2) is 4.39 Å². The maximum absolute atomic E-state index is 13.4. The third-order valence-electron chi connectivity index (χ3n) is 2.85. The molecule has 0 aliphatic heterocycles. The molecule has 0 aromatic rings. The molecule has 1 aliphatic carbocycles. The van der Waals surface area contributed by atoms with Crippen LogP contribution in [0.2, 0.25) is 0 Å². The minimum Gasteiger partial charge on any atom is -0.314 e. The van der Waals surface area contributed by atoms with Crippen molar-refractivity contribution in [3.05, 3.63) is 0 Å². The summed E-state index contributed by atoms with van der Waals surface area (Å²) in [6.07, 6.45) is 2.08. The molecule has 0 radical (unpaired) electrons. The monoisotopic (exact) mass is 174 g/mol. The van der Waals surface area contributed by atoms with E-state index in [0.717, 1.165) is 12.8 Å². The van der Waals surface area contributed by atoms with Crippen molar-refractivity contribution >= 4 is 0 Å². The lowest BCUT2D eigenvalue weighted by Crippen LogP contribution is -2.45. The van der Waals surface area contributed by atoms with E-state index in [1.807, 2.05) is 21.1 Å². The largest absolute Gasteiger partial charge is 0.314 e. The van der Waals surface area contributed by atoms with Crippen molar-refractivity contribution in [2.75, 3.05) is 21.1 Å². The molecular weight excluding hydrogens is 155 g/mol. The summed E-state index contributed by atoms with van der Waals surface area (Å²) in [5, 5.41) is 3.02. The lowest BCUT2D eigenvalue weighted by atomic mass is 9.89. The molecule has 1 aliphatic rings. The second-order valence-corrected chi connectivity index (χ2v) is 3.84. The lowest BCUT2D eigenvalue weighted by Gasteiger charge is -2.34. The minimum absolute atomic E-state index is 0.0844. The third-order valence-corrected chi connectivity index (χ3v) is 2.85. The number of hydrogen-bond acceptors (Lipinski definition) is 2. The summed E-state index contributed by atoms with van der Waals surface area (Å²) in [5.41, 5.74) is 0. The van der Waals surface area contributed by atoms with Crippen molar-refractivity contribution in [1.29, 1.82) is 0 Å². The van der Waals surface area contributed by atoms with Crippen LogP contribution in [0.4, 0.5) is 4.39 Å². The summed E-state index contributed by atoms with van der Waals surface area (Å²) in [6.45, 7) is 0. The second-order valence-electron chi connectivity index (χ2n) is 3.84. The topological polar surface area (TPSA) is 15.3 Å². The van der Waals surface area contributed by atoms with Gasteiger partial charge in [0.2, 0.25) is 0 Å².